The van der Waals surface area contributed by atoms with E-state index in [4.69, 9.17) is 4.74 Å². The molecule has 7 heteroatoms. The van der Waals surface area contributed by atoms with Gasteiger partial charge in [-0.1, -0.05) is 17.7 Å². The molecule has 0 spiro atoms. The number of hydrogen-bond acceptors (Lipinski definition) is 5. The standard InChI is InChI=1S/C21H23N3O3S/c1-5-27-21(26)20-14(4)22-13(3)19(20)16-11-28-18(24-16)10-17(25)23-15-8-6-12(2)7-9-15/h6-9,11,22H,5,10H2,1-4H3,(H,23,25). The normalized spacial score (nSPS) is 10.7. The first-order valence-corrected chi connectivity index (χ1v) is 9.94. The quantitative estimate of drug-likeness (QED) is 0.603. The fourth-order valence-electron chi connectivity index (χ4n) is 3.05. The second-order valence-corrected chi connectivity index (χ2v) is 7.51. The maximum Gasteiger partial charge on any atom is 0.340 e. The molecule has 0 saturated heterocycles. The molecule has 1 amide bonds. The Bertz CT molecular complexity index is 1000. The molecule has 0 saturated carbocycles. The van der Waals surface area contributed by atoms with Crippen LogP contribution >= 0.6 is 11.3 Å². The van der Waals surface area contributed by atoms with Crippen LogP contribution in [0.1, 0.15) is 39.2 Å². The molecule has 3 rings (SSSR count). The van der Waals surface area contributed by atoms with E-state index in [9.17, 15) is 9.59 Å². The molecule has 2 aromatic heterocycles. The minimum Gasteiger partial charge on any atom is -0.462 e. The van der Waals surface area contributed by atoms with E-state index in [-0.39, 0.29) is 18.3 Å². The summed E-state index contributed by atoms with van der Waals surface area (Å²) in [5.41, 5.74) is 5.40. The van der Waals surface area contributed by atoms with Gasteiger partial charge in [0.05, 0.1) is 24.3 Å². The van der Waals surface area contributed by atoms with Gasteiger partial charge in [-0.3, -0.25) is 4.79 Å². The monoisotopic (exact) mass is 397 g/mol. The number of aromatic nitrogens is 2. The van der Waals surface area contributed by atoms with Gasteiger partial charge in [0, 0.05) is 28.0 Å². The number of aromatic amines is 1. The number of nitrogens with one attached hydrogen (secondary N) is 2. The molecule has 0 atom stereocenters. The number of thiazole rings is 1. The molecule has 0 aliphatic carbocycles. The Morgan fingerprint density at radius 1 is 1.14 bits per heavy atom. The first kappa shape index (κ1) is 19.8. The maximum atomic E-state index is 12.4. The third kappa shape index (κ3) is 4.31. The molecule has 146 valence electrons. The van der Waals surface area contributed by atoms with Crippen LogP contribution in [-0.4, -0.2) is 28.5 Å². The van der Waals surface area contributed by atoms with Gasteiger partial charge in [-0.15, -0.1) is 11.3 Å². The van der Waals surface area contributed by atoms with E-state index in [0.717, 1.165) is 28.2 Å². The summed E-state index contributed by atoms with van der Waals surface area (Å²) in [6.07, 6.45) is 0.176. The van der Waals surface area contributed by atoms with Gasteiger partial charge in [0.1, 0.15) is 5.01 Å². The average molecular weight is 398 g/mol. The van der Waals surface area contributed by atoms with Gasteiger partial charge in [0.2, 0.25) is 5.91 Å². The van der Waals surface area contributed by atoms with Crippen molar-refractivity contribution in [3.05, 3.63) is 57.2 Å². The van der Waals surface area contributed by atoms with Crippen LogP contribution < -0.4 is 5.32 Å². The number of nitrogens with zero attached hydrogens (tertiary/aromatic N) is 1. The van der Waals surface area contributed by atoms with Crippen LogP contribution in [0.25, 0.3) is 11.3 Å². The summed E-state index contributed by atoms with van der Waals surface area (Å²) in [6, 6.07) is 7.65. The molecule has 0 fully saturated rings. The highest BCUT2D eigenvalue weighted by atomic mass is 32.1. The number of H-pyrrole nitrogens is 1. The van der Waals surface area contributed by atoms with Crippen LogP contribution in [0.15, 0.2) is 29.6 Å². The van der Waals surface area contributed by atoms with Gasteiger partial charge in [0.25, 0.3) is 0 Å². The van der Waals surface area contributed by atoms with Crippen LogP contribution in [0.2, 0.25) is 0 Å². The largest absolute Gasteiger partial charge is 0.462 e. The van der Waals surface area contributed by atoms with Crippen molar-refractivity contribution in [3.63, 3.8) is 0 Å². The van der Waals surface area contributed by atoms with Crippen LogP contribution in [0, 0.1) is 20.8 Å². The van der Waals surface area contributed by atoms with Crippen molar-refractivity contribution in [2.24, 2.45) is 0 Å². The molecule has 0 unspecified atom stereocenters. The highest BCUT2D eigenvalue weighted by Gasteiger charge is 2.23. The average Bonchev–Trinajstić information content (AvgIpc) is 3.20. The van der Waals surface area contributed by atoms with E-state index in [1.165, 1.54) is 11.3 Å². The number of hydrogen-bond donors (Lipinski definition) is 2. The summed E-state index contributed by atoms with van der Waals surface area (Å²) in [5.74, 6) is -0.497. The van der Waals surface area contributed by atoms with E-state index in [1.807, 2.05) is 50.4 Å². The summed E-state index contributed by atoms with van der Waals surface area (Å²) in [6.45, 7) is 7.82. The zero-order chi connectivity index (χ0) is 20.3. The number of amides is 1. The Balaban J connectivity index is 1.78. The first-order valence-electron chi connectivity index (χ1n) is 9.06. The van der Waals surface area contributed by atoms with Crippen molar-refractivity contribution in [3.8, 4) is 11.3 Å². The zero-order valence-corrected chi connectivity index (χ0v) is 17.2. The van der Waals surface area contributed by atoms with Crippen LogP contribution in [0.4, 0.5) is 5.69 Å². The van der Waals surface area contributed by atoms with Gasteiger partial charge in [-0.25, -0.2) is 9.78 Å². The lowest BCUT2D eigenvalue weighted by Gasteiger charge is -2.05. The van der Waals surface area contributed by atoms with Crippen molar-refractivity contribution in [1.29, 1.82) is 0 Å². The molecular weight excluding hydrogens is 374 g/mol. The van der Waals surface area contributed by atoms with Gasteiger partial charge in [-0.2, -0.15) is 0 Å². The minimum atomic E-state index is -0.369. The molecule has 0 bridgehead atoms. The number of anilines is 1. The van der Waals surface area contributed by atoms with Crippen molar-refractivity contribution in [2.75, 3.05) is 11.9 Å². The van der Waals surface area contributed by atoms with E-state index < -0.39 is 0 Å². The number of benzene rings is 1. The summed E-state index contributed by atoms with van der Waals surface area (Å²) in [7, 11) is 0. The van der Waals surface area contributed by atoms with Crippen LogP contribution in [-0.2, 0) is 16.0 Å². The summed E-state index contributed by atoms with van der Waals surface area (Å²) in [4.78, 5) is 32.4. The number of esters is 1. The Hall–Kier alpha value is -2.93. The van der Waals surface area contributed by atoms with E-state index >= 15 is 0 Å². The van der Waals surface area contributed by atoms with E-state index in [0.29, 0.717) is 22.9 Å². The van der Waals surface area contributed by atoms with Gasteiger partial charge < -0.3 is 15.0 Å². The van der Waals surface area contributed by atoms with E-state index in [2.05, 4.69) is 15.3 Å². The SMILES string of the molecule is CCOC(=O)c1c(C)[nH]c(C)c1-c1csc(CC(=O)Nc2ccc(C)cc2)n1. The molecule has 0 aliphatic heterocycles. The van der Waals surface area contributed by atoms with Crippen molar-refractivity contribution < 1.29 is 14.3 Å². The Morgan fingerprint density at radius 3 is 2.54 bits per heavy atom. The van der Waals surface area contributed by atoms with Crippen LogP contribution in [0.5, 0.6) is 0 Å². The number of aryl methyl sites for hydroxylation is 3. The van der Waals surface area contributed by atoms with Crippen LogP contribution in [0.3, 0.4) is 0 Å². The maximum absolute atomic E-state index is 12.4. The van der Waals surface area contributed by atoms with Gasteiger partial charge >= 0.3 is 5.97 Å². The molecule has 0 radical (unpaired) electrons. The third-order valence-electron chi connectivity index (χ3n) is 4.31. The molecule has 28 heavy (non-hydrogen) atoms. The van der Waals surface area contributed by atoms with Crippen molar-refractivity contribution >= 4 is 28.9 Å². The smallest absolute Gasteiger partial charge is 0.340 e. The molecule has 2 N–H and O–H groups in total. The Morgan fingerprint density at radius 2 is 1.86 bits per heavy atom. The number of ether oxygens (including phenoxy) is 1. The molecule has 3 aromatic rings. The fraction of sp³-hybridized carbons (Fsp3) is 0.286. The summed E-state index contributed by atoms with van der Waals surface area (Å²) in [5, 5.41) is 5.43. The first-order chi connectivity index (χ1) is 13.4. The predicted octanol–water partition coefficient (Wildman–Crippen LogP) is 4.42. The summed E-state index contributed by atoms with van der Waals surface area (Å²) >= 11 is 1.40. The Labute approximate surface area is 168 Å². The van der Waals surface area contributed by atoms with Gasteiger partial charge in [-0.05, 0) is 39.8 Å². The highest BCUT2D eigenvalue weighted by molar-refractivity contribution is 7.10. The number of rotatable bonds is 6. The Kier molecular flexibility index (Phi) is 5.94. The molecular formula is C21H23N3O3S. The number of carbonyl (C=O) groups excluding carboxylic acids is 2. The zero-order valence-electron chi connectivity index (χ0n) is 16.4. The highest BCUT2D eigenvalue weighted by Crippen LogP contribution is 2.31. The molecule has 6 nitrogen and oxygen atoms in total. The fourth-order valence-corrected chi connectivity index (χ4v) is 3.83. The van der Waals surface area contributed by atoms with E-state index in [1.54, 1.807) is 6.92 Å². The second kappa shape index (κ2) is 8.39. The predicted molar refractivity (Wildman–Crippen MR) is 111 cm³/mol. The molecule has 0 aliphatic rings. The van der Waals surface area contributed by atoms with Crippen molar-refractivity contribution in [1.82, 2.24) is 9.97 Å². The van der Waals surface area contributed by atoms with Gasteiger partial charge in [0.15, 0.2) is 0 Å². The third-order valence-corrected chi connectivity index (χ3v) is 5.16. The molecule has 1 aromatic carbocycles. The molecule has 2 heterocycles. The second-order valence-electron chi connectivity index (χ2n) is 6.56. The lowest BCUT2D eigenvalue weighted by molar-refractivity contribution is -0.115. The topological polar surface area (TPSA) is 84.1 Å². The number of carbonyl (C=O) groups is 2. The lowest BCUT2D eigenvalue weighted by atomic mass is 10.1. The summed E-state index contributed by atoms with van der Waals surface area (Å²) < 4.78 is 5.18. The van der Waals surface area contributed by atoms with Crippen molar-refractivity contribution in [2.45, 2.75) is 34.1 Å². The lowest BCUT2D eigenvalue weighted by Crippen LogP contribution is -2.14. The minimum absolute atomic E-state index is 0.127.